The van der Waals surface area contributed by atoms with E-state index in [2.05, 4.69) is 9.88 Å². The molecule has 1 aromatic heterocycles. The van der Waals surface area contributed by atoms with E-state index in [1.807, 2.05) is 24.3 Å². The number of aromatic nitrogens is 1. The van der Waals surface area contributed by atoms with Crippen LogP contribution in [0.15, 0.2) is 42.5 Å². The van der Waals surface area contributed by atoms with Crippen LogP contribution in [0.4, 0.5) is 10.8 Å². The molecule has 8 heteroatoms. The van der Waals surface area contributed by atoms with Crippen molar-refractivity contribution in [2.24, 2.45) is 0 Å². The molecule has 0 radical (unpaired) electrons. The first-order valence-corrected chi connectivity index (χ1v) is 8.89. The number of hydrogen-bond donors (Lipinski definition) is 0. The number of nitro groups is 1. The molecular weight excluding hydrogens is 354 g/mol. The molecule has 2 aromatic carbocycles. The monoisotopic (exact) mass is 369 g/mol. The maximum atomic E-state index is 12.2. The highest BCUT2D eigenvalue weighted by atomic mass is 32.1. The zero-order chi connectivity index (χ0) is 18.3. The molecule has 2 heterocycles. The summed E-state index contributed by atoms with van der Waals surface area (Å²) in [5.74, 6) is -0.540. The lowest BCUT2D eigenvalue weighted by Crippen LogP contribution is -2.53. The number of carbonyl (C=O) groups excluding carboxylic acids is 1. The Hall–Kier alpha value is -3.00. The van der Waals surface area contributed by atoms with Gasteiger partial charge in [0.1, 0.15) is 6.10 Å². The molecule has 0 saturated carbocycles. The van der Waals surface area contributed by atoms with E-state index in [9.17, 15) is 14.9 Å². The second-order valence-electron chi connectivity index (χ2n) is 6.15. The first-order valence-electron chi connectivity index (χ1n) is 8.08. The quantitative estimate of drug-likeness (QED) is 0.397. The van der Waals surface area contributed by atoms with Crippen molar-refractivity contribution in [3.8, 4) is 0 Å². The maximum Gasteiger partial charge on any atom is 0.338 e. The molecule has 1 saturated heterocycles. The average Bonchev–Trinajstić information content (AvgIpc) is 3.01. The number of hydrogen-bond acceptors (Lipinski definition) is 7. The largest absolute Gasteiger partial charge is 0.455 e. The number of rotatable bonds is 4. The molecule has 1 fully saturated rings. The third-order valence-corrected chi connectivity index (χ3v) is 5.41. The summed E-state index contributed by atoms with van der Waals surface area (Å²) in [6.45, 7) is 2.77. The fraction of sp³-hybridized carbons (Fsp3) is 0.222. The second-order valence-corrected chi connectivity index (χ2v) is 7.16. The number of aryl methyl sites for hydroxylation is 1. The average molecular weight is 369 g/mol. The van der Waals surface area contributed by atoms with Crippen LogP contribution in [-0.2, 0) is 4.74 Å². The van der Waals surface area contributed by atoms with E-state index in [0.717, 1.165) is 15.3 Å². The third kappa shape index (κ3) is 2.99. The molecule has 26 heavy (non-hydrogen) atoms. The zero-order valence-electron chi connectivity index (χ0n) is 13.9. The Balaban J connectivity index is 1.40. The van der Waals surface area contributed by atoms with Gasteiger partial charge in [0.2, 0.25) is 0 Å². The van der Waals surface area contributed by atoms with Gasteiger partial charge in [-0.15, -0.1) is 0 Å². The van der Waals surface area contributed by atoms with Gasteiger partial charge in [0.05, 0.1) is 33.8 Å². The van der Waals surface area contributed by atoms with Crippen molar-refractivity contribution >= 4 is 38.3 Å². The van der Waals surface area contributed by atoms with E-state index in [-0.39, 0.29) is 17.4 Å². The van der Waals surface area contributed by atoms with Crippen LogP contribution in [0, 0.1) is 17.0 Å². The van der Waals surface area contributed by atoms with Crippen molar-refractivity contribution in [3.05, 3.63) is 63.7 Å². The predicted molar refractivity (Wildman–Crippen MR) is 98.9 cm³/mol. The summed E-state index contributed by atoms with van der Waals surface area (Å²) in [7, 11) is 0. The topological polar surface area (TPSA) is 85.6 Å². The standard InChI is InChI=1S/C18H15N3O4S/c1-11-6-7-12(8-15(11)21(23)24)17(22)25-13-9-20(10-13)18-19-14-4-2-3-5-16(14)26-18/h2-8,13H,9-10H2,1H3. The van der Waals surface area contributed by atoms with Gasteiger partial charge >= 0.3 is 5.97 Å². The van der Waals surface area contributed by atoms with Crippen LogP contribution in [0.2, 0.25) is 0 Å². The molecular formula is C18H15N3O4S. The third-order valence-electron chi connectivity index (χ3n) is 4.32. The molecule has 1 aliphatic rings. The lowest BCUT2D eigenvalue weighted by Gasteiger charge is -2.38. The molecule has 0 N–H and O–H groups in total. The first kappa shape index (κ1) is 16.5. The Bertz CT molecular complexity index is 978. The smallest absolute Gasteiger partial charge is 0.338 e. The van der Waals surface area contributed by atoms with E-state index in [0.29, 0.717) is 18.7 Å². The number of benzene rings is 2. The van der Waals surface area contributed by atoms with Crippen molar-refractivity contribution < 1.29 is 14.5 Å². The van der Waals surface area contributed by atoms with Crippen LogP contribution in [0.3, 0.4) is 0 Å². The molecule has 0 atom stereocenters. The Morgan fingerprint density at radius 1 is 1.31 bits per heavy atom. The Morgan fingerprint density at radius 2 is 2.08 bits per heavy atom. The van der Waals surface area contributed by atoms with Crippen molar-refractivity contribution in [2.45, 2.75) is 13.0 Å². The van der Waals surface area contributed by atoms with Crippen LogP contribution in [-0.4, -0.2) is 35.1 Å². The summed E-state index contributed by atoms with van der Waals surface area (Å²) < 4.78 is 6.57. The number of ether oxygens (including phenoxy) is 1. The number of esters is 1. The summed E-state index contributed by atoms with van der Waals surface area (Å²) in [5, 5.41) is 11.9. The van der Waals surface area contributed by atoms with Crippen molar-refractivity contribution in [1.29, 1.82) is 0 Å². The lowest BCUT2D eigenvalue weighted by atomic mass is 10.1. The van der Waals surface area contributed by atoms with E-state index >= 15 is 0 Å². The number of para-hydroxylation sites is 1. The fourth-order valence-electron chi connectivity index (χ4n) is 2.82. The van der Waals surface area contributed by atoms with Crippen LogP contribution in [0.25, 0.3) is 10.2 Å². The molecule has 0 spiro atoms. The van der Waals surface area contributed by atoms with Gasteiger partial charge < -0.3 is 9.64 Å². The van der Waals surface area contributed by atoms with Crippen LogP contribution < -0.4 is 4.90 Å². The first-order chi connectivity index (χ1) is 12.5. The molecule has 1 aliphatic heterocycles. The van der Waals surface area contributed by atoms with Gasteiger partial charge in [-0.05, 0) is 25.1 Å². The molecule has 4 rings (SSSR count). The number of carbonyl (C=O) groups is 1. The number of nitrogens with zero attached hydrogens (tertiary/aromatic N) is 3. The summed E-state index contributed by atoms with van der Waals surface area (Å²) in [4.78, 5) is 29.4. The minimum atomic E-state index is -0.540. The number of anilines is 1. The van der Waals surface area contributed by atoms with E-state index in [1.165, 1.54) is 6.07 Å². The molecule has 0 bridgehead atoms. The second kappa shape index (κ2) is 6.38. The van der Waals surface area contributed by atoms with Crippen molar-refractivity contribution in [2.75, 3.05) is 18.0 Å². The Morgan fingerprint density at radius 3 is 2.81 bits per heavy atom. The van der Waals surface area contributed by atoms with Gasteiger partial charge in [-0.25, -0.2) is 9.78 Å². The molecule has 0 aliphatic carbocycles. The van der Waals surface area contributed by atoms with E-state index in [4.69, 9.17) is 4.74 Å². The minimum absolute atomic E-state index is 0.0795. The maximum absolute atomic E-state index is 12.2. The Labute approximate surface area is 153 Å². The summed E-state index contributed by atoms with van der Waals surface area (Å²) >= 11 is 1.60. The minimum Gasteiger partial charge on any atom is -0.455 e. The van der Waals surface area contributed by atoms with Gasteiger partial charge in [0, 0.05) is 11.6 Å². The fourth-order valence-corrected chi connectivity index (χ4v) is 3.80. The predicted octanol–water partition coefficient (Wildman–Crippen LogP) is 3.56. The molecule has 132 valence electrons. The molecule has 7 nitrogen and oxygen atoms in total. The highest BCUT2D eigenvalue weighted by molar-refractivity contribution is 7.22. The van der Waals surface area contributed by atoms with E-state index in [1.54, 1.807) is 30.4 Å². The van der Waals surface area contributed by atoms with Crippen LogP contribution in [0.5, 0.6) is 0 Å². The molecule has 0 unspecified atom stereocenters. The van der Waals surface area contributed by atoms with E-state index < -0.39 is 10.9 Å². The van der Waals surface area contributed by atoms with Gasteiger partial charge in [0.15, 0.2) is 5.13 Å². The summed E-state index contributed by atoms with van der Waals surface area (Å²) in [6.07, 6.45) is -0.241. The van der Waals surface area contributed by atoms with Crippen LogP contribution >= 0.6 is 11.3 Å². The number of thiazole rings is 1. The number of fused-ring (bicyclic) bond motifs is 1. The number of nitro benzene ring substituents is 1. The SMILES string of the molecule is Cc1ccc(C(=O)OC2CN(c3nc4ccccc4s3)C2)cc1[N+](=O)[O-]. The zero-order valence-corrected chi connectivity index (χ0v) is 14.7. The van der Waals surface area contributed by atoms with Crippen LogP contribution in [0.1, 0.15) is 15.9 Å². The lowest BCUT2D eigenvalue weighted by molar-refractivity contribution is -0.385. The summed E-state index contributed by atoms with van der Waals surface area (Å²) in [5.41, 5.74) is 1.59. The highest BCUT2D eigenvalue weighted by Gasteiger charge is 2.32. The Kier molecular flexibility index (Phi) is 4.04. The highest BCUT2D eigenvalue weighted by Crippen LogP contribution is 2.32. The van der Waals surface area contributed by atoms with Gasteiger partial charge in [-0.3, -0.25) is 10.1 Å². The van der Waals surface area contributed by atoms with Gasteiger partial charge in [-0.2, -0.15) is 0 Å². The van der Waals surface area contributed by atoms with Gasteiger partial charge in [0.25, 0.3) is 5.69 Å². The molecule has 0 amide bonds. The van der Waals surface area contributed by atoms with Crippen molar-refractivity contribution in [1.82, 2.24) is 4.98 Å². The van der Waals surface area contributed by atoms with Crippen molar-refractivity contribution in [3.63, 3.8) is 0 Å². The van der Waals surface area contributed by atoms with Gasteiger partial charge in [-0.1, -0.05) is 29.5 Å². The summed E-state index contributed by atoms with van der Waals surface area (Å²) in [6, 6.07) is 12.3. The normalized spacial score (nSPS) is 14.3. The molecule has 3 aromatic rings.